The van der Waals surface area contributed by atoms with Crippen LogP contribution in [0.4, 0.5) is 0 Å². The average Bonchev–Trinajstić information content (AvgIpc) is 2.49. The number of nitrogens with two attached hydrogens (primary N) is 1. The van der Waals surface area contributed by atoms with Crippen LogP contribution in [0.2, 0.25) is 0 Å². The molecule has 6 nitrogen and oxygen atoms in total. The molecule has 2 rings (SSSR count). The Labute approximate surface area is 116 Å². The zero-order valence-corrected chi connectivity index (χ0v) is 10.7. The van der Waals surface area contributed by atoms with Gasteiger partial charge in [0.1, 0.15) is 11.6 Å². The highest BCUT2D eigenvalue weighted by molar-refractivity contribution is 5.96. The van der Waals surface area contributed by atoms with Crippen LogP contribution in [0.3, 0.4) is 0 Å². The second-order valence-corrected chi connectivity index (χ2v) is 3.94. The van der Waals surface area contributed by atoms with Gasteiger partial charge in [0.05, 0.1) is 5.10 Å². The van der Waals surface area contributed by atoms with Gasteiger partial charge < -0.3 is 15.8 Å². The van der Waals surface area contributed by atoms with Crippen molar-refractivity contribution in [1.29, 1.82) is 0 Å². The highest BCUT2D eigenvalue weighted by Gasteiger charge is 2.02. The quantitative estimate of drug-likeness (QED) is 0.297. The minimum absolute atomic E-state index is 0.0608. The molecule has 102 valence electrons. The lowest BCUT2D eigenvalue weighted by atomic mass is 10.2. The smallest absolute Gasteiger partial charge is 0.236 e. The van der Waals surface area contributed by atoms with E-state index in [1.54, 1.807) is 24.3 Å². The van der Waals surface area contributed by atoms with E-state index in [2.05, 4.69) is 10.4 Å². The maximum atomic E-state index is 11.4. The Morgan fingerprint density at radius 2 is 1.65 bits per heavy atom. The van der Waals surface area contributed by atoms with Crippen LogP contribution in [0, 0.1) is 5.21 Å². The van der Waals surface area contributed by atoms with Gasteiger partial charge in [-0.1, -0.05) is 60.7 Å². The molecule has 0 fully saturated rings. The molecule has 20 heavy (non-hydrogen) atoms. The summed E-state index contributed by atoms with van der Waals surface area (Å²) in [6.07, 6.45) is 0. The Morgan fingerprint density at radius 1 is 1.05 bits per heavy atom. The van der Waals surface area contributed by atoms with Gasteiger partial charge in [0.2, 0.25) is 11.1 Å². The molecule has 0 aliphatic carbocycles. The Kier molecular flexibility index (Phi) is 4.66. The first-order valence-corrected chi connectivity index (χ1v) is 5.99. The number of amidine groups is 1. The first-order valence-electron chi connectivity index (χ1n) is 5.99. The summed E-state index contributed by atoms with van der Waals surface area (Å²) in [6, 6.07) is 18.3. The lowest BCUT2D eigenvalue weighted by molar-refractivity contribution is -0.564. The van der Waals surface area contributed by atoms with E-state index < -0.39 is 0 Å². The molecule has 0 saturated heterocycles. The van der Waals surface area contributed by atoms with Crippen molar-refractivity contribution in [3.63, 3.8) is 0 Å². The Morgan fingerprint density at radius 3 is 2.30 bits per heavy atom. The summed E-state index contributed by atoms with van der Waals surface area (Å²) in [6.45, 7) is 0.195. The standard InChI is InChI=1S/C14H14N4O2/c15-14(13-9-5-2-6-10-13)16-18(19)17-20-11-12-7-3-1-4-8-12/h1-10H,11H2,(H2,15,16,17). The summed E-state index contributed by atoms with van der Waals surface area (Å²) in [7, 11) is 0. The monoisotopic (exact) mass is 270 g/mol. The highest BCUT2D eigenvalue weighted by Crippen LogP contribution is 2.01. The minimum Gasteiger partial charge on any atom is -0.567 e. The van der Waals surface area contributed by atoms with Crippen molar-refractivity contribution in [2.24, 2.45) is 16.1 Å². The van der Waals surface area contributed by atoms with E-state index in [4.69, 9.17) is 10.6 Å². The van der Waals surface area contributed by atoms with Crippen LogP contribution in [-0.4, -0.2) is 10.8 Å². The maximum absolute atomic E-state index is 11.4. The molecule has 0 spiro atoms. The minimum atomic E-state index is 0.0608. The number of rotatable bonds is 5. The largest absolute Gasteiger partial charge is 0.567 e. The van der Waals surface area contributed by atoms with Crippen LogP contribution < -0.4 is 5.73 Å². The summed E-state index contributed by atoms with van der Waals surface area (Å²) in [5.41, 5.74) is 7.22. The maximum Gasteiger partial charge on any atom is 0.236 e. The van der Waals surface area contributed by atoms with Gasteiger partial charge in [-0.05, 0) is 5.56 Å². The van der Waals surface area contributed by atoms with Crippen LogP contribution in [0.25, 0.3) is 0 Å². The molecule has 0 saturated carbocycles. The normalized spacial score (nSPS) is 12.2. The molecule has 0 aliphatic heterocycles. The molecule has 0 aromatic heterocycles. The van der Waals surface area contributed by atoms with Gasteiger partial charge in [-0.25, -0.2) is 0 Å². The second-order valence-electron chi connectivity index (χ2n) is 3.94. The summed E-state index contributed by atoms with van der Waals surface area (Å²) in [4.78, 5) is 4.95. The van der Waals surface area contributed by atoms with E-state index in [-0.39, 0.29) is 17.4 Å². The first kappa shape index (κ1) is 13.5. The van der Waals surface area contributed by atoms with Crippen molar-refractivity contribution < 1.29 is 9.81 Å². The van der Waals surface area contributed by atoms with E-state index in [1.807, 2.05) is 36.4 Å². The third-order valence-corrected chi connectivity index (χ3v) is 2.46. The van der Waals surface area contributed by atoms with Gasteiger partial charge in [-0.15, -0.1) is 0 Å². The predicted octanol–water partition coefficient (Wildman–Crippen LogP) is 2.40. The fraction of sp³-hybridized carbons (Fsp3) is 0.0714. The average molecular weight is 270 g/mol. The van der Waals surface area contributed by atoms with Crippen LogP contribution in [0.5, 0.6) is 0 Å². The lowest BCUT2D eigenvalue weighted by Crippen LogP contribution is -2.15. The molecule has 0 unspecified atom stereocenters. The lowest BCUT2D eigenvalue weighted by Gasteiger charge is -1.98. The van der Waals surface area contributed by atoms with Gasteiger partial charge in [0.25, 0.3) is 0 Å². The van der Waals surface area contributed by atoms with Crippen molar-refractivity contribution in [3.05, 3.63) is 77.0 Å². The van der Waals surface area contributed by atoms with E-state index in [1.165, 1.54) is 0 Å². The topological polar surface area (TPSA) is 86.0 Å². The van der Waals surface area contributed by atoms with Gasteiger partial charge >= 0.3 is 0 Å². The number of benzene rings is 2. The van der Waals surface area contributed by atoms with E-state index >= 15 is 0 Å². The van der Waals surface area contributed by atoms with E-state index in [0.29, 0.717) is 5.56 Å². The summed E-state index contributed by atoms with van der Waals surface area (Å²) in [5.74, 6) is 0.0765. The first-order chi connectivity index (χ1) is 9.75. The molecular formula is C14H14N4O2. The SMILES string of the molecule is N/C(=N\[N+]([O-])=N\OCc1ccccc1)c1ccccc1. The molecule has 0 aliphatic rings. The molecule has 0 bridgehead atoms. The van der Waals surface area contributed by atoms with Crippen molar-refractivity contribution in [1.82, 2.24) is 0 Å². The Hall–Kier alpha value is -2.89. The fourth-order valence-corrected chi connectivity index (χ4v) is 1.50. The Bertz CT molecular complexity index is 597. The summed E-state index contributed by atoms with van der Waals surface area (Å²) >= 11 is 0. The van der Waals surface area contributed by atoms with Crippen molar-refractivity contribution in [3.8, 4) is 0 Å². The third-order valence-electron chi connectivity index (χ3n) is 2.46. The van der Waals surface area contributed by atoms with Crippen LogP contribution >= 0.6 is 0 Å². The molecular weight excluding hydrogens is 256 g/mol. The molecule has 0 atom stereocenters. The number of nitrogens with zero attached hydrogens (tertiary/aromatic N) is 3. The number of hydrogen-bond acceptors (Lipinski definition) is 3. The number of hydrazone groups is 1. The fourth-order valence-electron chi connectivity index (χ4n) is 1.50. The van der Waals surface area contributed by atoms with Crippen LogP contribution in [0.15, 0.2) is 71.0 Å². The molecule has 2 aromatic rings. The third kappa shape index (κ3) is 4.09. The molecule has 0 radical (unpaired) electrons. The predicted molar refractivity (Wildman–Crippen MR) is 74.5 cm³/mol. The van der Waals surface area contributed by atoms with E-state index in [9.17, 15) is 5.21 Å². The molecule has 6 heteroatoms. The molecule has 2 N–H and O–H groups in total. The second kappa shape index (κ2) is 6.89. The highest BCUT2D eigenvalue weighted by atomic mass is 16.7. The van der Waals surface area contributed by atoms with Gasteiger partial charge in [-0.3, -0.25) is 0 Å². The van der Waals surface area contributed by atoms with Gasteiger partial charge in [-0.2, -0.15) is 0 Å². The summed E-state index contributed by atoms with van der Waals surface area (Å²) < 4.78 is 0. The van der Waals surface area contributed by atoms with Crippen molar-refractivity contribution in [2.75, 3.05) is 0 Å². The van der Waals surface area contributed by atoms with Crippen molar-refractivity contribution >= 4 is 5.84 Å². The zero-order valence-electron chi connectivity index (χ0n) is 10.7. The number of hydrogen-bond donors (Lipinski definition) is 1. The van der Waals surface area contributed by atoms with Gasteiger partial charge in [0, 0.05) is 5.56 Å². The summed E-state index contributed by atoms with van der Waals surface area (Å²) in [5, 5.41) is 18.2. The van der Waals surface area contributed by atoms with Crippen molar-refractivity contribution in [2.45, 2.75) is 6.61 Å². The Balaban J connectivity index is 1.94. The zero-order chi connectivity index (χ0) is 14.2. The molecule has 0 amide bonds. The van der Waals surface area contributed by atoms with Gasteiger partial charge in [0.15, 0.2) is 0 Å². The van der Waals surface area contributed by atoms with Crippen LogP contribution in [-0.2, 0) is 11.4 Å². The molecule has 2 aromatic carbocycles. The van der Waals surface area contributed by atoms with E-state index in [0.717, 1.165) is 5.56 Å². The molecule has 0 heterocycles. The van der Waals surface area contributed by atoms with Crippen LogP contribution in [0.1, 0.15) is 11.1 Å².